The normalized spacial score (nSPS) is 21.4. The first-order valence-electron chi connectivity index (χ1n) is 8.11. The van der Waals surface area contributed by atoms with Gasteiger partial charge in [0, 0.05) is 30.8 Å². The molecule has 2 atom stereocenters. The average molecular weight is 334 g/mol. The highest BCUT2D eigenvalue weighted by atomic mass is 32.2. The summed E-state index contributed by atoms with van der Waals surface area (Å²) in [6, 6.07) is 3.99. The van der Waals surface area contributed by atoms with Crippen molar-refractivity contribution in [3.8, 4) is 0 Å². The van der Waals surface area contributed by atoms with E-state index in [0.29, 0.717) is 5.25 Å². The molecule has 3 heterocycles. The average Bonchev–Trinajstić information content (AvgIpc) is 2.94. The van der Waals surface area contributed by atoms with E-state index in [1.165, 1.54) is 0 Å². The SMILES string of the molecule is CCCCn1c(SC2CCOC(c3cccnc3)C2)n[nH]c1=O. The molecule has 0 aromatic carbocycles. The van der Waals surface area contributed by atoms with Gasteiger partial charge in [-0.1, -0.05) is 31.2 Å². The Morgan fingerprint density at radius 1 is 1.52 bits per heavy atom. The number of hydrogen-bond acceptors (Lipinski definition) is 5. The maximum atomic E-state index is 11.9. The first kappa shape index (κ1) is 16.3. The fourth-order valence-corrected chi connectivity index (χ4v) is 3.91. The van der Waals surface area contributed by atoms with Crippen LogP contribution in [0.25, 0.3) is 0 Å². The zero-order valence-corrected chi connectivity index (χ0v) is 14.1. The second-order valence-electron chi connectivity index (χ2n) is 5.73. The van der Waals surface area contributed by atoms with E-state index in [9.17, 15) is 4.79 Å². The summed E-state index contributed by atoms with van der Waals surface area (Å²) < 4.78 is 7.63. The second-order valence-corrected chi connectivity index (χ2v) is 6.99. The summed E-state index contributed by atoms with van der Waals surface area (Å²) in [5.74, 6) is 0. The number of H-pyrrole nitrogens is 1. The van der Waals surface area contributed by atoms with Gasteiger partial charge in [0.05, 0.1) is 6.10 Å². The molecule has 23 heavy (non-hydrogen) atoms. The van der Waals surface area contributed by atoms with Crippen molar-refractivity contribution in [3.05, 3.63) is 40.6 Å². The summed E-state index contributed by atoms with van der Waals surface area (Å²) in [4.78, 5) is 16.0. The number of unbranched alkanes of at least 4 members (excludes halogenated alkanes) is 1. The van der Waals surface area contributed by atoms with Crippen molar-refractivity contribution in [2.24, 2.45) is 0 Å². The van der Waals surface area contributed by atoms with Gasteiger partial charge in [-0.15, -0.1) is 5.10 Å². The summed E-state index contributed by atoms with van der Waals surface area (Å²) in [7, 11) is 0. The third kappa shape index (κ3) is 4.03. The van der Waals surface area contributed by atoms with Gasteiger partial charge in [0.25, 0.3) is 0 Å². The molecule has 1 saturated heterocycles. The van der Waals surface area contributed by atoms with Crippen molar-refractivity contribution >= 4 is 11.8 Å². The molecule has 2 aromatic heterocycles. The molecule has 0 radical (unpaired) electrons. The summed E-state index contributed by atoms with van der Waals surface area (Å²) in [6.45, 7) is 3.57. The third-order valence-electron chi connectivity index (χ3n) is 4.02. The number of hydrogen-bond donors (Lipinski definition) is 1. The standard InChI is InChI=1S/C16H22N4O2S/c1-2-3-8-20-15(21)18-19-16(20)23-13-6-9-22-14(10-13)12-5-4-7-17-11-12/h4-5,7,11,13-14H,2-3,6,8-10H2,1H3,(H,18,21). The molecule has 3 rings (SSSR count). The van der Waals surface area contributed by atoms with Crippen molar-refractivity contribution in [1.29, 1.82) is 0 Å². The van der Waals surface area contributed by atoms with Crippen LogP contribution >= 0.6 is 11.8 Å². The molecule has 2 aromatic rings. The minimum absolute atomic E-state index is 0.0738. The van der Waals surface area contributed by atoms with Crippen LogP contribution in [-0.4, -0.2) is 31.6 Å². The van der Waals surface area contributed by atoms with Crippen LogP contribution in [0.15, 0.2) is 34.5 Å². The zero-order valence-electron chi connectivity index (χ0n) is 13.3. The van der Waals surface area contributed by atoms with Crippen LogP contribution in [0.4, 0.5) is 0 Å². The Morgan fingerprint density at radius 2 is 2.43 bits per heavy atom. The molecule has 124 valence electrons. The summed E-state index contributed by atoms with van der Waals surface area (Å²) in [5.41, 5.74) is 1.00. The minimum Gasteiger partial charge on any atom is -0.373 e. The van der Waals surface area contributed by atoms with Gasteiger partial charge in [-0.3, -0.25) is 9.55 Å². The number of nitrogens with one attached hydrogen (secondary N) is 1. The number of aromatic nitrogens is 4. The smallest absolute Gasteiger partial charge is 0.343 e. The van der Waals surface area contributed by atoms with Crippen LogP contribution in [-0.2, 0) is 11.3 Å². The number of rotatable bonds is 6. The van der Waals surface area contributed by atoms with E-state index in [1.807, 2.05) is 12.3 Å². The van der Waals surface area contributed by atoms with Gasteiger partial charge < -0.3 is 4.74 Å². The molecule has 1 fully saturated rings. The highest BCUT2D eigenvalue weighted by Gasteiger charge is 2.26. The maximum absolute atomic E-state index is 11.9. The van der Waals surface area contributed by atoms with Crippen molar-refractivity contribution in [1.82, 2.24) is 19.7 Å². The molecule has 1 N–H and O–H groups in total. The molecule has 1 aliphatic heterocycles. The fourth-order valence-electron chi connectivity index (χ4n) is 2.73. The van der Waals surface area contributed by atoms with Gasteiger partial charge in [0.1, 0.15) is 0 Å². The lowest BCUT2D eigenvalue weighted by Gasteiger charge is -2.29. The molecule has 0 aliphatic carbocycles. The van der Waals surface area contributed by atoms with E-state index < -0.39 is 0 Å². The first-order valence-corrected chi connectivity index (χ1v) is 8.99. The maximum Gasteiger partial charge on any atom is 0.343 e. The fraction of sp³-hybridized carbons (Fsp3) is 0.562. The van der Waals surface area contributed by atoms with Crippen molar-refractivity contribution in [2.75, 3.05) is 6.61 Å². The van der Waals surface area contributed by atoms with E-state index >= 15 is 0 Å². The van der Waals surface area contributed by atoms with Gasteiger partial charge in [0.15, 0.2) is 5.16 Å². The van der Waals surface area contributed by atoms with E-state index in [2.05, 4.69) is 28.2 Å². The zero-order chi connectivity index (χ0) is 16.1. The first-order chi connectivity index (χ1) is 11.3. The van der Waals surface area contributed by atoms with Crippen molar-refractivity contribution in [3.63, 3.8) is 0 Å². The molecule has 0 amide bonds. The number of thioether (sulfide) groups is 1. The van der Waals surface area contributed by atoms with E-state index in [1.54, 1.807) is 22.5 Å². The highest BCUT2D eigenvalue weighted by molar-refractivity contribution is 7.99. The molecule has 0 spiro atoms. The predicted molar refractivity (Wildman–Crippen MR) is 89.6 cm³/mol. The van der Waals surface area contributed by atoms with Crippen LogP contribution in [0, 0.1) is 0 Å². The number of pyridine rings is 1. The molecular weight excluding hydrogens is 312 g/mol. The van der Waals surface area contributed by atoms with Crippen LogP contribution in [0.1, 0.15) is 44.3 Å². The van der Waals surface area contributed by atoms with Crippen LogP contribution < -0.4 is 5.69 Å². The Bertz CT molecular complexity index is 670. The van der Waals surface area contributed by atoms with Gasteiger partial charge in [-0.25, -0.2) is 9.89 Å². The molecule has 2 unspecified atom stereocenters. The lowest BCUT2D eigenvalue weighted by molar-refractivity contribution is 0.0176. The highest BCUT2D eigenvalue weighted by Crippen LogP contribution is 2.36. The van der Waals surface area contributed by atoms with Gasteiger partial charge >= 0.3 is 5.69 Å². The van der Waals surface area contributed by atoms with Gasteiger partial charge in [-0.05, 0) is 30.9 Å². The van der Waals surface area contributed by atoms with Crippen LogP contribution in [0.2, 0.25) is 0 Å². The van der Waals surface area contributed by atoms with Crippen molar-refractivity contribution < 1.29 is 4.74 Å². The Morgan fingerprint density at radius 3 is 3.22 bits per heavy atom. The Hall–Kier alpha value is -1.60. The molecule has 6 nitrogen and oxygen atoms in total. The Kier molecular flexibility index (Phi) is 5.51. The predicted octanol–water partition coefficient (Wildman–Crippen LogP) is 2.78. The summed E-state index contributed by atoms with van der Waals surface area (Å²) in [5, 5.41) is 7.95. The molecule has 1 aliphatic rings. The monoisotopic (exact) mass is 334 g/mol. The van der Waals surface area contributed by atoms with Gasteiger partial charge in [0.2, 0.25) is 0 Å². The van der Waals surface area contributed by atoms with E-state index in [-0.39, 0.29) is 11.8 Å². The van der Waals surface area contributed by atoms with E-state index in [4.69, 9.17) is 4.74 Å². The second kappa shape index (κ2) is 7.79. The lowest BCUT2D eigenvalue weighted by atomic mass is 10.0. The lowest BCUT2D eigenvalue weighted by Crippen LogP contribution is -2.23. The molecule has 0 bridgehead atoms. The Labute approximate surface area is 139 Å². The number of aromatic amines is 1. The van der Waals surface area contributed by atoms with Crippen LogP contribution in [0.3, 0.4) is 0 Å². The summed E-state index contributed by atoms with van der Waals surface area (Å²) in [6.07, 6.45) is 7.63. The Balaban J connectivity index is 1.67. The quantitative estimate of drug-likeness (QED) is 0.879. The topological polar surface area (TPSA) is 72.8 Å². The minimum atomic E-state index is -0.114. The number of nitrogens with zero attached hydrogens (tertiary/aromatic N) is 3. The van der Waals surface area contributed by atoms with Crippen LogP contribution in [0.5, 0.6) is 0 Å². The van der Waals surface area contributed by atoms with Gasteiger partial charge in [-0.2, -0.15) is 0 Å². The summed E-state index contributed by atoms with van der Waals surface area (Å²) >= 11 is 1.68. The van der Waals surface area contributed by atoms with E-state index in [0.717, 1.165) is 49.6 Å². The molecular formula is C16H22N4O2S. The molecule has 0 saturated carbocycles. The third-order valence-corrected chi connectivity index (χ3v) is 5.31. The number of ether oxygens (including phenoxy) is 1. The van der Waals surface area contributed by atoms with Crippen molar-refractivity contribution in [2.45, 2.75) is 55.7 Å². The largest absolute Gasteiger partial charge is 0.373 e. The molecule has 7 heteroatoms.